The Hall–Kier alpha value is -2.24. The van der Waals surface area contributed by atoms with E-state index in [1.807, 2.05) is 0 Å². The number of hydrogen-bond acceptors (Lipinski definition) is 3. The van der Waals surface area contributed by atoms with Gasteiger partial charge in [-0.15, -0.1) is 0 Å². The van der Waals surface area contributed by atoms with Crippen molar-refractivity contribution in [1.82, 2.24) is 5.32 Å². The molecule has 1 unspecified atom stereocenters. The van der Waals surface area contributed by atoms with E-state index in [0.717, 1.165) is 12.1 Å². The van der Waals surface area contributed by atoms with E-state index in [1.165, 1.54) is 6.07 Å². The lowest BCUT2D eigenvalue weighted by molar-refractivity contribution is -0.134. The number of carboxylic acid groups (broad SMARTS) is 1. The lowest BCUT2D eigenvalue weighted by Crippen LogP contribution is -2.39. The fourth-order valence-corrected chi connectivity index (χ4v) is 1.94. The van der Waals surface area contributed by atoms with Crippen molar-refractivity contribution in [3.05, 3.63) is 35.1 Å². The summed E-state index contributed by atoms with van der Waals surface area (Å²) < 4.78 is 13.2. The maximum atomic E-state index is 13.2. The minimum atomic E-state index is -1.39. The molecule has 2 rings (SSSR count). The van der Waals surface area contributed by atoms with E-state index in [9.17, 15) is 18.8 Å². The Bertz CT molecular complexity index is 541. The highest BCUT2D eigenvalue weighted by Gasteiger charge is 2.28. The number of nitrogens with one attached hydrogen (secondary N) is 1. The van der Waals surface area contributed by atoms with Crippen LogP contribution in [0.5, 0.6) is 0 Å². The summed E-state index contributed by atoms with van der Waals surface area (Å²) in [6, 6.07) is 3.52. The number of piperidine rings is 1. The molecule has 1 aromatic rings. The van der Waals surface area contributed by atoms with Gasteiger partial charge in [-0.25, -0.2) is 9.18 Å². The third-order valence-corrected chi connectivity index (χ3v) is 2.86. The number of carboxylic acids is 1. The summed E-state index contributed by atoms with van der Waals surface area (Å²) in [5.41, 5.74) is -0.0731. The zero-order valence-corrected chi connectivity index (χ0v) is 9.27. The van der Waals surface area contributed by atoms with Crippen molar-refractivity contribution in [1.29, 1.82) is 0 Å². The molecule has 1 heterocycles. The summed E-state index contributed by atoms with van der Waals surface area (Å²) in [6.45, 7) is 0. The predicted molar refractivity (Wildman–Crippen MR) is 58.5 cm³/mol. The number of amides is 2. The van der Waals surface area contributed by atoms with Crippen LogP contribution in [-0.4, -0.2) is 22.9 Å². The summed E-state index contributed by atoms with van der Waals surface area (Å²) in [5.74, 6) is -3.67. The quantitative estimate of drug-likeness (QED) is 0.769. The molecule has 0 radical (unpaired) electrons. The smallest absolute Gasteiger partial charge is 0.338 e. The van der Waals surface area contributed by atoms with Crippen LogP contribution in [0.3, 0.4) is 0 Å². The van der Waals surface area contributed by atoms with E-state index >= 15 is 0 Å². The molecule has 18 heavy (non-hydrogen) atoms. The highest BCUT2D eigenvalue weighted by Crippen LogP contribution is 2.26. The molecule has 1 aromatic carbocycles. The van der Waals surface area contributed by atoms with Gasteiger partial charge in [0.15, 0.2) is 0 Å². The summed E-state index contributed by atoms with van der Waals surface area (Å²) in [4.78, 5) is 33.4. The molecule has 0 saturated carbocycles. The standard InChI is InChI=1S/C12H10FNO4/c13-9-3-1-6(5-8(9)12(17)18)7-2-4-10(15)14-11(7)16/h1,3,5,7H,2,4H2,(H,17,18)(H,14,15,16). The zero-order chi connectivity index (χ0) is 13.3. The fourth-order valence-electron chi connectivity index (χ4n) is 1.94. The van der Waals surface area contributed by atoms with Crippen molar-refractivity contribution in [2.45, 2.75) is 18.8 Å². The van der Waals surface area contributed by atoms with Crippen molar-refractivity contribution in [2.24, 2.45) is 0 Å². The monoisotopic (exact) mass is 251 g/mol. The summed E-state index contributed by atoms with van der Waals surface area (Å²) in [5, 5.41) is 11.0. The Morgan fingerprint density at radius 1 is 1.39 bits per heavy atom. The molecule has 94 valence electrons. The Morgan fingerprint density at radius 2 is 2.11 bits per heavy atom. The van der Waals surface area contributed by atoms with Gasteiger partial charge in [-0.2, -0.15) is 0 Å². The molecule has 1 aliphatic rings. The molecular formula is C12H10FNO4. The van der Waals surface area contributed by atoms with Crippen LogP contribution in [0.4, 0.5) is 4.39 Å². The molecule has 0 aromatic heterocycles. The summed E-state index contributed by atoms with van der Waals surface area (Å²) in [6.07, 6.45) is 0.492. The van der Waals surface area contributed by atoms with Gasteiger partial charge in [0.05, 0.1) is 11.5 Å². The second-order valence-corrected chi connectivity index (χ2v) is 4.05. The van der Waals surface area contributed by atoms with Crippen LogP contribution in [0.1, 0.15) is 34.7 Å². The van der Waals surface area contributed by atoms with Gasteiger partial charge in [-0.1, -0.05) is 6.07 Å². The maximum Gasteiger partial charge on any atom is 0.338 e. The number of carbonyl (C=O) groups is 3. The zero-order valence-electron chi connectivity index (χ0n) is 9.27. The third kappa shape index (κ3) is 2.22. The van der Waals surface area contributed by atoms with Crippen LogP contribution in [0, 0.1) is 5.82 Å². The molecule has 0 spiro atoms. The fraction of sp³-hybridized carbons (Fsp3) is 0.250. The van der Waals surface area contributed by atoms with Gasteiger partial charge >= 0.3 is 5.97 Å². The lowest BCUT2D eigenvalue weighted by Gasteiger charge is -2.21. The number of halogens is 1. The molecule has 1 atom stereocenters. The number of benzene rings is 1. The molecule has 1 saturated heterocycles. The molecule has 1 fully saturated rings. The topological polar surface area (TPSA) is 83.5 Å². The molecule has 2 N–H and O–H groups in total. The van der Waals surface area contributed by atoms with Crippen LogP contribution < -0.4 is 5.32 Å². The van der Waals surface area contributed by atoms with Crippen LogP contribution in [-0.2, 0) is 9.59 Å². The average molecular weight is 251 g/mol. The van der Waals surface area contributed by atoms with Crippen LogP contribution in [0.2, 0.25) is 0 Å². The number of imide groups is 1. The van der Waals surface area contributed by atoms with Gasteiger partial charge in [0.25, 0.3) is 0 Å². The Balaban J connectivity index is 2.34. The second kappa shape index (κ2) is 4.56. The molecular weight excluding hydrogens is 241 g/mol. The lowest BCUT2D eigenvalue weighted by atomic mass is 9.89. The molecule has 0 aliphatic carbocycles. The average Bonchev–Trinajstić information content (AvgIpc) is 2.30. The van der Waals surface area contributed by atoms with E-state index in [2.05, 4.69) is 5.32 Å². The van der Waals surface area contributed by atoms with Crippen LogP contribution >= 0.6 is 0 Å². The van der Waals surface area contributed by atoms with Crippen LogP contribution in [0.15, 0.2) is 18.2 Å². The van der Waals surface area contributed by atoms with E-state index < -0.39 is 29.2 Å². The van der Waals surface area contributed by atoms with Gasteiger partial charge in [0.1, 0.15) is 5.82 Å². The Kier molecular flexibility index (Phi) is 3.10. The summed E-state index contributed by atoms with van der Waals surface area (Å²) >= 11 is 0. The van der Waals surface area contributed by atoms with Crippen molar-refractivity contribution in [3.8, 4) is 0 Å². The molecule has 2 amide bonds. The SMILES string of the molecule is O=C1CCC(c2ccc(F)c(C(=O)O)c2)C(=O)N1. The minimum absolute atomic E-state index is 0.191. The first-order chi connectivity index (χ1) is 8.49. The number of rotatable bonds is 2. The largest absolute Gasteiger partial charge is 0.478 e. The molecule has 5 nitrogen and oxygen atoms in total. The van der Waals surface area contributed by atoms with E-state index in [4.69, 9.17) is 5.11 Å². The predicted octanol–water partition coefficient (Wildman–Crippen LogP) is 1.04. The third-order valence-electron chi connectivity index (χ3n) is 2.86. The highest BCUT2D eigenvalue weighted by atomic mass is 19.1. The normalized spacial score (nSPS) is 19.5. The van der Waals surface area contributed by atoms with Crippen molar-refractivity contribution >= 4 is 17.8 Å². The van der Waals surface area contributed by atoms with Gasteiger partial charge in [-0.3, -0.25) is 14.9 Å². The molecule has 6 heteroatoms. The second-order valence-electron chi connectivity index (χ2n) is 4.05. The Labute approximate surface area is 102 Å². The number of hydrogen-bond donors (Lipinski definition) is 2. The van der Waals surface area contributed by atoms with E-state index in [0.29, 0.717) is 12.0 Å². The molecule has 1 aliphatic heterocycles. The van der Waals surface area contributed by atoms with Crippen molar-refractivity contribution in [2.75, 3.05) is 0 Å². The van der Waals surface area contributed by atoms with Gasteiger partial charge < -0.3 is 5.11 Å². The van der Waals surface area contributed by atoms with Crippen molar-refractivity contribution < 1.29 is 23.9 Å². The van der Waals surface area contributed by atoms with E-state index in [1.54, 1.807) is 0 Å². The minimum Gasteiger partial charge on any atom is -0.478 e. The van der Waals surface area contributed by atoms with Crippen molar-refractivity contribution in [3.63, 3.8) is 0 Å². The first-order valence-electron chi connectivity index (χ1n) is 5.35. The molecule has 0 bridgehead atoms. The maximum absolute atomic E-state index is 13.2. The number of carbonyl (C=O) groups excluding carboxylic acids is 2. The van der Waals surface area contributed by atoms with Gasteiger partial charge in [0, 0.05) is 6.42 Å². The van der Waals surface area contributed by atoms with Crippen LogP contribution in [0.25, 0.3) is 0 Å². The number of aromatic carboxylic acids is 1. The Morgan fingerprint density at radius 3 is 2.72 bits per heavy atom. The first kappa shape index (κ1) is 12.2. The van der Waals surface area contributed by atoms with Gasteiger partial charge in [0.2, 0.25) is 11.8 Å². The summed E-state index contributed by atoms with van der Waals surface area (Å²) in [7, 11) is 0. The van der Waals surface area contributed by atoms with Gasteiger partial charge in [-0.05, 0) is 24.1 Å². The highest BCUT2D eigenvalue weighted by molar-refractivity contribution is 6.01. The first-order valence-corrected chi connectivity index (χ1v) is 5.35. The van der Waals surface area contributed by atoms with E-state index in [-0.39, 0.29) is 12.3 Å².